The van der Waals surface area contributed by atoms with Crippen molar-refractivity contribution in [3.63, 3.8) is 0 Å². The third-order valence-electron chi connectivity index (χ3n) is 4.24. The Labute approximate surface area is 172 Å². The van der Waals surface area contributed by atoms with E-state index >= 15 is 0 Å². The van der Waals surface area contributed by atoms with Crippen LogP contribution in [0.3, 0.4) is 0 Å². The maximum absolute atomic E-state index is 10.8. The molecule has 0 bridgehead atoms. The van der Waals surface area contributed by atoms with Gasteiger partial charge in [0.15, 0.2) is 0 Å². The minimum atomic E-state index is -0.110. The van der Waals surface area contributed by atoms with Crippen molar-refractivity contribution >= 4 is 18.3 Å². The zero-order chi connectivity index (χ0) is 18.1. The summed E-state index contributed by atoms with van der Waals surface area (Å²) in [5.74, 6) is 0.389. The quantitative estimate of drug-likeness (QED) is 0.451. The summed E-state index contributed by atoms with van der Waals surface area (Å²) in [4.78, 5) is 0.903. The monoisotopic (exact) mass is 391 g/mol. The number of phenols is 1. The summed E-state index contributed by atoms with van der Waals surface area (Å²) >= 11 is 4.48. The standard InChI is InChI=1S/C21H29NOS.Ti/c1-20(2,3)15-11-14(19(23)16(12-15)21(4,5)6)13-22-17-9-7-8-10-18(17)24;/h7-12,22-24H,13H2,1-6H3;. The molecule has 0 aliphatic heterocycles. The summed E-state index contributed by atoms with van der Waals surface area (Å²) in [7, 11) is 0. The number of anilines is 1. The van der Waals surface area contributed by atoms with E-state index < -0.39 is 0 Å². The van der Waals surface area contributed by atoms with Crippen molar-refractivity contribution in [2.24, 2.45) is 0 Å². The fraction of sp³-hybridized carbons (Fsp3) is 0.429. The van der Waals surface area contributed by atoms with E-state index in [0.29, 0.717) is 12.3 Å². The first kappa shape index (κ1) is 22.1. The van der Waals surface area contributed by atoms with Crippen molar-refractivity contribution in [1.29, 1.82) is 0 Å². The van der Waals surface area contributed by atoms with Crippen LogP contribution in [-0.2, 0) is 39.1 Å². The predicted molar refractivity (Wildman–Crippen MR) is 107 cm³/mol. The second kappa shape index (κ2) is 8.20. The molecule has 0 aromatic heterocycles. The van der Waals surface area contributed by atoms with Gasteiger partial charge in [0.1, 0.15) is 5.75 Å². The van der Waals surface area contributed by atoms with Crippen LogP contribution >= 0.6 is 12.6 Å². The Morgan fingerprint density at radius 3 is 2.08 bits per heavy atom. The van der Waals surface area contributed by atoms with Crippen molar-refractivity contribution in [2.75, 3.05) is 5.32 Å². The molecule has 0 atom stereocenters. The molecule has 2 N–H and O–H groups in total. The smallest absolute Gasteiger partial charge is 0.124 e. The number of benzene rings is 2. The molecule has 2 aromatic carbocycles. The van der Waals surface area contributed by atoms with Crippen LogP contribution in [0.25, 0.3) is 0 Å². The summed E-state index contributed by atoms with van der Waals surface area (Å²) in [6.45, 7) is 13.6. The van der Waals surface area contributed by atoms with E-state index in [2.05, 4.69) is 71.6 Å². The molecule has 4 heteroatoms. The summed E-state index contributed by atoms with van der Waals surface area (Å²) < 4.78 is 0. The summed E-state index contributed by atoms with van der Waals surface area (Å²) in [6.07, 6.45) is 0. The number of phenolic OH excluding ortho intramolecular Hbond substituents is 1. The normalized spacial score (nSPS) is 11.8. The van der Waals surface area contributed by atoms with Gasteiger partial charge in [-0.1, -0.05) is 59.7 Å². The molecule has 0 aliphatic carbocycles. The Kier molecular flexibility index (Phi) is 7.26. The van der Waals surface area contributed by atoms with Gasteiger partial charge >= 0.3 is 0 Å². The van der Waals surface area contributed by atoms with Crippen molar-refractivity contribution < 1.29 is 26.8 Å². The van der Waals surface area contributed by atoms with Crippen molar-refractivity contribution in [1.82, 2.24) is 0 Å². The molecule has 2 rings (SSSR count). The van der Waals surface area contributed by atoms with E-state index in [1.54, 1.807) is 0 Å². The van der Waals surface area contributed by atoms with Crippen LogP contribution in [0.15, 0.2) is 41.3 Å². The fourth-order valence-corrected chi connectivity index (χ4v) is 2.89. The Hall–Kier alpha value is -0.896. The van der Waals surface area contributed by atoms with Crippen LogP contribution < -0.4 is 5.32 Å². The van der Waals surface area contributed by atoms with Crippen LogP contribution in [0.1, 0.15) is 58.2 Å². The number of aromatic hydroxyl groups is 1. The van der Waals surface area contributed by atoms with Gasteiger partial charge in [0.25, 0.3) is 0 Å². The van der Waals surface area contributed by atoms with Gasteiger partial charge in [0, 0.05) is 44.4 Å². The van der Waals surface area contributed by atoms with Gasteiger partial charge in [-0.05, 0) is 40.2 Å². The Balaban J connectivity index is 0.00000312. The minimum Gasteiger partial charge on any atom is -0.507 e. The van der Waals surface area contributed by atoms with Crippen molar-refractivity contribution in [2.45, 2.75) is 63.8 Å². The van der Waals surface area contributed by atoms with E-state index in [0.717, 1.165) is 21.7 Å². The van der Waals surface area contributed by atoms with E-state index in [9.17, 15) is 5.11 Å². The molecule has 0 aliphatic rings. The minimum absolute atomic E-state index is 0. The van der Waals surface area contributed by atoms with E-state index in [1.807, 2.05) is 24.3 Å². The van der Waals surface area contributed by atoms with E-state index in [1.165, 1.54) is 5.56 Å². The van der Waals surface area contributed by atoms with Crippen molar-refractivity contribution in [3.8, 4) is 5.75 Å². The Morgan fingerprint density at radius 2 is 1.56 bits per heavy atom. The molecule has 0 fully saturated rings. The zero-order valence-electron chi connectivity index (χ0n) is 16.1. The van der Waals surface area contributed by atoms with Gasteiger partial charge in [-0.3, -0.25) is 0 Å². The SMILES string of the molecule is CC(C)(C)c1cc(CNc2ccccc2S)c(O)c(C(C)(C)C)c1.[Ti]. The summed E-state index contributed by atoms with van der Waals surface area (Å²) in [5, 5.41) is 14.2. The van der Waals surface area contributed by atoms with Gasteiger partial charge in [0.2, 0.25) is 0 Å². The third kappa shape index (κ3) is 5.54. The fourth-order valence-electron chi connectivity index (χ4n) is 2.65. The molecule has 0 amide bonds. The molecule has 0 saturated carbocycles. The number of hydrogen-bond donors (Lipinski definition) is 3. The largest absolute Gasteiger partial charge is 0.507 e. The molecule has 0 unspecified atom stereocenters. The van der Waals surface area contributed by atoms with Crippen LogP contribution in [0.5, 0.6) is 5.75 Å². The molecule has 134 valence electrons. The van der Waals surface area contributed by atoms with Crippen LogP contribution in [0.2, 0.25) is 0 Å². The first-order chi connectivity index (χ1) is 11.0. The second-order valence-corrected chi connectivity index (χ2v) is 8.88. The topological polar surface area (TPSA) is 32.3 Å². The third-order valence-corrected chi connectivity index (χ3v) is 4.63. The molecule has 25 heavy (non-hydrogen) atoms. The molecular formula is C21H29NOSTi. The van der Waals surface area contributed by atoms with Crippen LogP contribution in [-0.4, -0.2) is 5.11 Å². The summed E-state index contributed by atoms with van der Waals surface area (Å²) in [6, 6.07) is 12.1. The number of para-hydroxylation sites is 1. The average Bonchev–Trinajstić information content (AvgIpc) is 2.45. The van der Waals surface area contributed by atoms with E-state index in [-0.39, 0.29) is 32.5 Å². The van der Waals surface area contributed by atoms with Gasteiger partial charge in [-0.25, -0.2) is 0 Å². The van der Waals surface area contributed by atoms with E-state index in [4.69, 9.17) is 0 Å². The molecule has 2 nitrogen and oxygen atoms in total. The molecule has 0 radical (unpaired) electrons. The van der Waals surface area contributed by atoms with Crippen LogP contribution in [0.4, 0.5) is 5.69 Å². The van der Waals surface area contributed by atoms with Crippen LogP contribution in [0, 0.1) is 0 Å². The molecule has 0 saturated heterocycles. The van der Waals surface area contributed by atoms with Gasteiger partial charge in [-0.15, -0.1) is 12.6 Å². The van der Waals surface area contributed by atoms with Gasteiger partial charge < -0.3 is 10.4 Å². The molecule has 0 heterocycles. The number of hydrogen-bond acceptors (Lipinski definition) is 3. The number of nitrogens with one attached hydrogen (secondary N) is 1. The summed E-state index contributed by atoms with van der Waals surface area (Å²) in [5.41, 5.74) is 4.04. The maximum Gasteiger partial charge on any atom is 0.124 e. The first-order valence-corrected chi connectivity index (χ1v) is 8.83. The van der Waals surface area contributed by atoms with Gasteiger partial charge in [-0.2, -0.15) is 0 Å². The van der Waals surface area contributed by atoms with Gasteiger partial charge in [0.05, 0.1) is 0 Å². The van der Waals surface area contributed by atoms with Crippen molar-refractivity contribution in [3.05, 3.63) is 53.1 Å². The Bertz CT molecular complexity index is 730. The zero-order valence-corrected chi connectivity index (χ0v) is 18.5. The number of thiol groups is 1. The Morgan fingerprint density at radius 1 is 0.960 bits per heavy atom. The maximum atomic E-state index is 10.8. The molecular weight excluding hydrogens is 362 g/mol. The molecule has 2 aromatic rings. The molecule has 0 spiro atoms. The number of rotatable bonds is 3. The average molecular weight is 391 g/mol. The second-order valence-electron chi connectivity index (χ2n) is 8.40. The predicted octanol–water partition coefficient (Wildman–Crippen LogP) is 5.89. The first-order valence-electron chi connectivity index (χ1n) is 8.39.